The highest BCUT2D eigenvalue weighted by atomic mass is 35.5. The van der Waals surface area contributed by atoms with E-state index in [-0.39, 0.29) is 12.2 Å². The van der Waals surface area contributed by atoms with Gasteiger partial charge in [0.2, 0.25) is 0 Å². The number of nitrogens with zero attached hydrogens (tertiary/aromatic N) is 2. The lowest BCUT2D eigenvalue weighted by Gasteiger charge is -2.26. The number of ether oxygens (including phenoxy) is 1. The molecule has 222 valence electrons. The van der Waals surface area contributed by atoms with Crippen LogP contribution in [0.15, 0.2) is 105 Å². The first-order chi connectivity index (χ1) is 21.3. The molecule has 0 fully saturated rings. The first-order valence-electron chi connectivity index (χ1n) is 14.2. The second kappa shape index (κ2) is 12.4. The Morgan fingerprint density at radius 3 is 2.48 bits per heavy atom. The van der Waals surface area contributed by atoms with Crippen molar-refractivity contribution in [3.05, 3.63) is 143 Å². The molecule has 3 heterocycles. The van der Waals surface area contributed by atoms with Crippen molar-refractivity contribution in [3.63, 3.8) is 0 Å². The molecule has 2 aromatic heterocycles. The average molecular weight is 644 g/mol. The van der Waals surface area contributed by atoms with Gasteiger partial charge in [-0.15, -0.1) is 0 Å². The Balaban J connectivity index is 1.56. The maximum atomic E-state index is 14.1. The summed E-state index contributed by atoms with van der Waals surface area (Å²) in [6.07, 6.45) is 1.68. The monoisotopic (exact) mass is 642 g/mol. The van der Waals surface area contributed by atoms with Gasteiger partial charge >= 0.3 is 5.97 Å². The van der Waals surface area contributed by atoms with Gasteiger partial charge in [-0.3, -0.25) is 9.36 Å². The molecule has 0 bridgehead atoms. The van der Waals surface area contributed by atoms with Crippen molar-refractivity contribution in [1.82, 2.24) is 4.57 Å². The Kier molecular flexibility index (Phi) is 8.45. The summed E-state index contributed by atoms with van der Waals surface area (Å²) in [5.74, 6) is 0.796. The number of furan rings is 1. The highest BCUT2D eigenvalue weighted by molar-refractivity contribution is 7.07. The maximum absolute atomic E-state index is 14.1. The van der Waals surface area contributed by atoms with E-state index >= 15 is 0 Å². The van der Waals surface area contributed by atoms with Gasteiger partial charge in [-0.1, -0.05) is 109 Å². The fourth-order valence-corrected chi connectivity index (χ4v) is 6.59. The number of esters is 1. The van der Waals surface area contributed by atoms with E-state index in [1.165, 1.54) is 11.3 Å². The molecule has 0 spiro atoms. The Bertz CT molecular complexity index is 2070. The van der Waals surface area contributed by atoms with Gasteiger partial charge in [-0.05, 0) is 48.2 Å². The lowest BCUT2D eigenvalue weighted by molar-refractivity contribution is -0.138. The van der Waals surface area contributed by atoms with Crippen LogP contribution in [0.4, 0.5) is 0 Å². The van der Waals surface area contributed by atoms with Gasteiger partial charge in [0.25, 0.3) is 5.56 Å². The summed E-state index contributed by atoms with van der Waals surface area (Å²) in [4.78, 5) is 33.2. The van der Waals surface area contributed by atoms with Crippen LogP contribution in [0.5, 0.6) is 0 Å². The summed E-state index contributed by atoms with van der Waals surface area (Å²) in [5, 5.41) is 0.807. The molecule has 1 atom stereocenters. The molecule has 6 rings (SSSR count). The van der Waals surface area contributed by atoms with Crippen LogP contribution in [0.3, 0.4) is 0 Å². The van der Waals surface area contributed by atoms with E-state index in [0.717, 1.165) is 16.7 Å². The maximum Gasteiger partial charge on any atom is 0.338 e. The van der Waals surface area contributed by atoms with Crippen LogP contribution in [0.2, 0.25) is 10.0 Å². The van der Waals surface area contributed by atoms with Crippen molar-refractivity contribution in [2.24, 2.45) is 4.99 Å². The van der Waals surface area contributed by atoms with E-state index in [0.29, 0.717) is 53.7 Å². The Morgan fingerprint density at radius 1 is 1.02 bits per heavy atom. The van der Waals surface area contributed by atoms with Gasteiger partial charge in [0.05, 0.1) is 38.5 Å². The topological polar surface area (TPSA) is 73.8 Å². The fraction of sp³-hybridized carbons (Fsp3) is 0.171. The molecule has 44 heavy (non-hydrogen) atoms. The summed E-state index contributed by atoms with van der Waals surface area (Å²) in [6, 6.07) is 25.6. The highest BCUT2D eigenvalue weighted by Crippen LogP contribution is 2.36. The zero-order chi connectivity index (χ0) is 31.0. The van der Waals surface area contributed by atoms with Crippen molar-refractivity contribution in [3.8, 4) is 11.3 Å². The number of hydrogen-bond donors (Lipinski definition) is 0. The van der Waals surface area contributed by atoms with Gasteiger partial charge in [0.15, 0.2) is 4.80 Å². The fourth-order valence-electron chi connectivity index (χ4n) is 5.22. The largest absolute Gasteiger partial charge is 0.463 e. The van der Waals surface area contributed by atoms with Crippen molar-refractivity contribution >= 4 is 52.3 Å². The minimum atomic E-state index is -0.749. The van der Waals surface area contributed by atoms with Crippen LogP contribution in [0.25, 0.3) is 23.1 Å². The van der Waals surface area contributed by atoms with Crippen molar-refractivity contribution < 1.29 is 13.9 Å². The lowest BCUT2D eigenvalue weighted by atomic mass is 9.91. The van der Waals surface area contributed by atoms with Crippen LogP contribution >= 0.6 is 34.5 Å². The second-order valence-electron chi connectivity index (χ2n) is 10.6. The first kappa shape index (κ1) is 29.9. The molecule has 0 radical (unpaired) electrons. The molecular formula is C35H28Cl2N2O4S. The molecule has 0 aliphatic carbocycles. The average Bonchev–Trinajstić information content (AvgIpc) is 3.62. The molecule has 5 aromatic rings. The number of fused-ring (bicyclic) bond motifs is 1. The second-order valence-corrected chi connectivity index (χ2v) is 12.4. The number of halogens is 2. The van der Waals surface area contributed by atoms with Crippen molar-refractivity contribution in [2.75, 3.05) is 6.61 Å². The summed E-state index contributed by atoms with van der Waals surface area (Å²) in [7, 11) is 0. The number of thiazole rings is 1. The molecule has 9 heteroatoms. The third-order valence-electron chi connectivity index (χ3n) is 7.41. The normalized spacial score (nSPS) is 15.0. The predicted octanol–water partition coefficient (Wildman–Crippen LogP) is 7.63. The van der Waals surface area contributed by atoms with E-state index in [1.54, 1.807) is 41.8 Å². The third kappa shape index (κ3) is 5.59. The van der Waals surface area contributed by atoms with Crippen molar-refractivity contribution in [2.45, 2.75) is 32.7 Å². The van der Waals surface area contributed by atoms with E-state index in [2.05, 4.69) is 13.8 Å². The van der Waals surface area contributed by atoms with E-state index in [9.17, 15) is 9.59 Å². The standard InChI is InChI=1S/C35H28Cl2N2O4S/c1-4-42-34(41)29-31(22-9-6-5-7-10-22)38-35-39(32(29)23-15-13-21(14-16-23)20(2)3)33(40)28(44-35)19-24-17-18-27(43-24)25-11-8-12-26(36)30(25)37/h5-20,32H,4H2,1-3H3/b28-19-/t32-/m1/s1. The number of rotatable bonds is 7. The van der Waals surface area contributed by atoms with Gasteiger partial charge < -0.3 is 9.15 Å². The van der Waals surface area contributed by atoms with E-state index < -0.39 is 12.0 Å². The van der Waals surface area contributed by atoms with Crippen LogP contribution in [0, 0.1) is 0 Å². The zero-order valence-electron chi connectivity index (χ0n) is 24.2. The molecule has 0 saturated heterocycles. The zero-order valence-corrected chi connectivity index (χ0v) is 26.5. The molecule has 0 N–H and O–H groups in total. The van der Waals surface area contributed by atoms with Crippen molar-refractivity contribution in [1.29, 1.82) is 0 Å². The van der Waals surface area contributed by atoms with Crippen LogP contribution in [-0.2, 0) is 9.53 Å². The van der Waals surface area contributed by atoms with Gasteiger partial charge in [0, 0.05) is 17.2 Å². The Hall–Kier alpha value is -4.17. The molecule has 0 amide bonds. The number of aromatic nitrogens is 1. The highest BCUT2D eigenvalue weighted by Gasteiger charge is 2.35. The minimum Gasteiger partial charge on any atom is -0.463 e. The Morgan fingerprint density at radius 2 is 1.77 bits per heavy atom. The summed E-state index contributed by atoms with van der Waals surface area (Å²) in [6.45, 7) is 6.19. The molecule has 0 unspecified atom stereocenters. The SMILES string of the molecule is CCOC(=O)C1=C(c2ccccc2)N=c2s/c(=C\c3ccc(-c4cccc(Cl)c4Cl)o3)c(=O)n2[C@@H]1c1ccc(C(C)C)cc1. The smallest absolute Gasteiger partial charge is 0.338 e. The number of hydrogen-bond acceptors (Lipinski definition) is 6. The van der Waals surface area contributed by atoms with Crippen LogP contribution in [-0.4, -0.2) is 17.1 Å². The summed E-state index contributed by atoms with van der Waals surface area (Å²) >= 11 is 13.8. The van der Waals surface area contributed by atoms with Gasteiger partial charge in [0.1, 0.15) is 11.5 Å². The number of carbonyl (C=O) groups is 1. The van der Waals surface area contributed by atoms with E-state index in [4.69, 9.17) is 37.3 Å². The van der Waals surface area contributed by atoms with Crippen LogP contribution < -0.4 is 14.9 Å². The molecule has 3 aromatic carbocycles. The van der Waals surface area contributed by atoms with Gasteiger partial charge in [-0.25, -0.2) is 9.79 Å². The quantitative estimate of drug-likeness (QED) is 0.171. The minimum absolute atomic E-state index is 0.186. The first-order valence-corrected chi connectivity index (χ1v) is 15.8. The summed E-state index contributed by atoms with van der Waals surface area (Å²) < 4.78 is 13.6. The van der Waals surface area contributed by atoms with E-state index in [1.807, 2.05) is 60.7 Å². The molecule has 6 nitrogen and oxygen atoms in total. The summed E-state index contributed by atoms with van der Waals surface area (Å²) in [5.41, 5.74) is 3.84. The molecule has 1 aliphatic rings. The number of benzene rings is 3. The third-order valence-corrected chi connectivity index (χ3v) is 9.21. The van der Waals surface area contributed by atoms with Gasteiger partial charge in [-0.2, -0.15) is 0 Å². The molecule has 1 aliphatic heterocycles. The number of carbonyl (C=O) groups excluding carboxylic acids is 1. The molecular weight excluding hydrogens is 615 g/mol. The Labute approximate surface area is 268 Å². The molecule has 0 saturated carbocycles. The predicted molar refractivity (Wildman–Crippen MR) is 176 cm³/mol. The lowest BCUT2D eigenvalue weighted by Crippen LogP contribution is -2.40. The van der Waals surface area contributed by atoms with Crippen LogP contribution in [0.1, 0.15) is 55.2 Å².